The zero-order chi connectivity index (χ0) is 16.5. The minimum Gasteiger partial charge on any atom is -0.442 e. The van der Waals surface area contributed by atoms with Crippen molar-refractivity contribution in [3.05, 3.63) is 53.5 Å². The fourth-order valence-electron chi connectivity index (χ4n) is 1.89. The molecule has 0 unspecified atom stereocenters. The van der Waals surface area contributed by atoms with Crippen LogP contribution in [0.25, 0.3) is 0 Å². The SMILES string of the molecule is C[C@@H](c1ccc(F)cc1)N(C)S(=O)(=O)c1ccc(C(F)F)o1. The van der Waals surface area contributed by atoms with E-state index in [0.29, 0.717) is 5.56 Å². The van der Waals surface area contributed by atoms with Crippen molar-refractivity contribution in [2.45, 2.75) is 24.5 Å². The normalized spacial score (nSPS) is 13.8. The van der Waals surface area contributed by atoms with E-state index in [9.17, 15) is 21.6 Å². The highest BCUT2D eigenvalue weighted by Gasteiger charge is 2.30. The van der Waals surface area contributed by atoms with Gasteiger partial charge in [0.25, 0.3) is 16.4 Å². The quantitative estimate of drug-likeness (QED) is 0.837. The third-order valence-electron chi connectivity index (χ3n) is 3.35. The second-order valence-corrected chi connectivity index (χ2v) is 6.63. The van der Waals surface area contributed by atoms with Gasteiger partial charge in [0.15, 0.2) is 5.76 Å². The molecule has 8 heteroatoms. The molecular weight excluding hydrogens is 319 g/mol. The molecule has 22 heavy (non-hydrogen) atoms. The van der Waals surface area contributed by atoms with E-state index in [2.05, 4.69) is 0 Å². The lowest BCUT2D eigenvalue weighted by Gasteiger charge is -2.23. The summed E-state index contributed by atoms with van der Waals surface area (Å²) in [6.07, 6.45) is -2.89. The first-order valence-electron chi connectivity index (χ1n) is 6.35. The zero-order valence-corrected chi connectivity index (χ0v) is 12.6. The molecule has 0 bridgehead atoms. The van der Waals surface area contributed by atoms with Crippen molar-refractivity contribution in [2.24, 2.45) is 0 Å². The molecule has 0 saturated carbocycles. The number of alkyl halides is 2. The number of nitrogens with zero attached hydrogens (tertiary/aromatic N) is 1. The molecule has 0 radical (unpaired) electrons. The van der Waals surface area contributed by atoms with E-state index in [1.807, 2.05) is 0 Å². The average molecular weight is 333 g/mol. The average Bonchev–Trinajstić information content (AvgIpc) is 2.97. The van der Waals surface area contributed by atoms with Gasteiger partial charge in [-0.3, -0.25) is 0 Å². The predicted octanol–water partition coefficient (Wildman–Crippen LogP) is 3.74. The number of hydrogen-bond acceptors (Lipinski definition) is 3. The van der Waals surface area contributed by atoms with Gasteiger partial charge >= 0.3 is 0 Å². The summed E-state index contributed by atoms with van der Waals surface area (Å²) < 4.78 is 68.3. The molecule has 120 valence electrons. The Hall–Kier alpha value is -1.80. The lowest BCUT2D eigenvalue weighted by Crippen LogP contribution is -2.29. The van der Waals surface area contributed by atoms with E-state index in [0.717, 1.165) is 16.4 Å². The summed E-state index contributed by atoms with van der Waals surface area (Å²) in [7, 11) is -2.77. The minimum absolute atomic E-state index is 0.436. The molecule has 0 N–H and O–H groups in total. The molecule has 0 amide bonds. The van der Waals surface area contributed by atoms with E-state index in [-0.39, 0.29) is 0 Å². The van der Waals surface area contributed by atoms with Crippen LogP contribution < -0.4 is 0 Å². The highest BCUT2D eigenvalue weighted by molar-refractivity contribution is 7.89. The second-order valence-electron chi connectivity index (χ2n) is 4.71. The van der Waals surface area contributed by atoms with Crippen LogP contribution in [0.1, 0.15) is 30.7 Å². The summed E-state index contributed by atoms with van der Waals surface area (Å²) in [5.74, 6) is -1.14. The maximum atomic E-state index is 12.9. The van der Waals surface area contributed by atoms with Gasteiger partial charge in [0, 0.05) is 13.1 Å². The van der Waals surface area contributed by atoms with Gasteiger partial charge in [0.2, 0.25) is 5.09 Å². The summed E-state index contributed by atoms with van der Waals surface area (Å²) in [6, 6.07) is 6.64. The van der Waals surface area contributed by atoms with Gasteiger partial charge < -0.3 is 4.42 Å². The van der Waals surface area contributed by atoms with Gasteiger partial charge in [-0.05, 0) is 36.8 Å². The molecule has 1 aromatic carbocycles. The fraction of sp³-hybridized carbons (Fsp3) is 0.286. The molecule has 0 aliphatic rings. The van der Waals surface area contributed by atoms with Crippen LogP contribution in [0.5, 0.6) is 0 Å². The Labute approximate surface area is 126 Å². The lowest BCUT2D eigenvalue weighted by molar-refractivity contribution is 0.115. The van der Waals surface area contributed by atoms with E-state index in [1.165, 1.54) is 31.3 Å². The predicted molar refractivity (Wildman–Crippen MR) is 73.4 cm³/mol. The summed E-state index contributed by atoms with van der Waals surface area (Å²) in [5.41, 5.74) is 0.563. The number of halogens is 3. The topological polar surface area (TPSA) is 50.5 Å². The van der Waals surface area contributed by atoms with Crippen molar-refractivity contribution in [3.63, 3.8) is 0 Å². The minimum atomic E-state index is -4.07. The Morgan fingerprint density at radius 1 is 1.09 bits per heavy atom. The number of hydrogen-bond donors (Lipinski definition) is 0. The molecular formula is C14H14F3NO3S. The Morgan fingerprint density at radius 2 is 1.68 bits per heavy atom. The number of rotatable bonds is 5. The standard InChI is InChI=1S/C14H14F3NO3S/c1-9(10-3-5-11(15)6-4-10)18(2)22(19,20)13-8-7-12(21-13)14(16)17/h3-9,14H,1-2H3/t9-/m0/s1. The summed E-state index contributed by atoms with van der Waals surface area (Å²) in [4.78, 5) is 0. The number of benzene rings is 1. The van der Waals surface area contributed by atoms with Crippen molar-refractivity contribution in [1.82, 2.24) is 4.31 Å². The fourth-order valence-corrected chi connectivity index (χ4v) is 3.16. The summed E-state index contributed by atoms with van der Waals surface area (Å²) in [6.45, 7) is 1.60. The van der Waals surface area contributed by atoms with Crippen LogP contribution in [0.2, 0.25) is 0 Å². The lowest BCUT2D eigenvalue weighted by atomic mass is 10.1. The van der Waals surface area contributed by atoms with E-state index in [1.54, 1.807) is 6.92 Å². The molecule has 1 heterocycles. The first kappa shape index (κ1) is 16.6. The van der Waals surface area contributed by atoms with E-state index in [4.69, 9.17) is 4.42 Å². The molecule has 4 nitrogen and oxygen atoms in total. The van der Waals surface area contributed by atoms with Crippen molar-refractivity contribution >= 4 is 10.0 Å². The van der Waals surface area contributed by atoms with Crippen molar-refractivity contribution in [3.8, 4) is 0 Å². The molecule has 0 spiro atoms. The first-order chi connectivity index (χ1) is 10.2. The largest absolute Gasteiger partial charge is 0.442 e. The molecule has 0 saturated heterocycles. The second kappa shape index (κ2) is 6.13. The molecule has 1 atom stereocenters. The zero-order valence-electron chi connectivity index (χ0n) is 11.8. The monoisotopic (exact) mass is 333 g/mol. The Bertz CT molecular complexity index is 741. The molecule has 0 fully saturated rings. The van der Waals surface area contributed by atoms with E-state index < -0.39 is 39.2 Å². The van der Waals surface area contributed by atoms with Gasteiger partial charge in [-0.25, -0.2) is 21.6 Å². The maximum absolute atomic E-state index is 12.9. The van der Waals surface area contributed by atoms with Crippen molar-refractivity contribution in [1.29, 1.82) is 0 Å². The number of furan rings is 1. The van der Waals surface area contributed by atoms with Gasteiger partial charge in [-0.1, -0.05) is 12.1 Å². The van der Waals surface area contributed by atoms with Gasteiger partial charge in [0.1, 0.15) is 5.82 Å². The summed E-state index contributed by atoms with van der Waals surface area (Å²) in [5, 5.41) is -0.556. The molecule has 2 aromatic rings. The third kappa shape index (κ3) is 3.17. The van der Waals surface area contributed by atoms with Crippen molar-refractivity contribution in [2.75, 3.05) is 7.05 Å². The Balaban J connectivity index is 2.29. The van der Waals surface area contributed by atoms with Gasteiger partial charge in [-0.2, -0.15) is 4.31 Å². The molecule has 2 rings (SSSR count). The number of sulfonamides is 1. The molecule has 0 aliphatic heterocycles. The van der Waals surface area contributed by atoms with Crippen LogP contribution in [0.3, 0.4) is 0 Å². The molecule has 1 aromatic heterocycles. The van der Waals surface area contributed by atoms with Crippen LogP contribution in [0.15, 0.2) is 45.9 Å². The van der Waals surface area contributed by atoms with Crippen LogP contribution >= 0.6 is 0 Å². The van der Waals surface area contributed by atoms with Crippen LogP contribution in [-0.4, -0.2) is 19.8 Å². The molecule has 0 aliphatic carbocycles. The van der Waals surface area contributed by atoms with Crippen molar-refractivity contribution < 1.29 is 26.0 Å². The van der Waals surface area contributed by atoms with Gasteiger partial charge in [-0.15, -0.1) is 0 Å². The smallest absolute Gasteiger partial charge is 0.295 e. The summed E-state index contributed by atoms with van der Waals surface area (Å²) >= 11 is 0. The first-order valence-corrected chi connectivity index (χ1v) is 7.79. The van der Waals surface area contributed by atoms with E-state index >= 15 is 0 Å². The third-order valence-corrected chi connectivity index (χ3v) is 5.15. The maximum Gasteiger partial charge on any atom is 0.295 e. The highest BCUT2D eigenvalue weighted by atomic mass is 32.2. The van der Waals surface area contributed by atoms with Crippen LogP contribution in [-0.2, 0) is 10.0 Å². The van der Waals surface area contributed by atoms with Gasteiger partial charge in [0.05, 0.1) is 0 Å². The van der Waals surface area contributed by atoms with Crippen LogP contribution in [0.4, 0.5) is 13.2 Å². The Kier molecular flexibility index (Phi) is 4.62. The van der Waals surface area contributed by atoms with Crippen LogP contribution in [0, 0.1) is 5.82 Å². The highest BCUT2D eigenvalue weighted by Crippen LogP contribution is 2.29. The Morgan fingerprint density at radius 3 is 2.18 bits per heavy atom.